The lowest BCUT2D eigenvalue weighted by molar-refractivity contribution is 0.565. The molecule has 68 valence electrons. The summed E-state index contributed by atoms with van der Waals surface area (Å²) in [7, 11) is 0. The van der Waals surface area contributed by atoms with Gasteiger partial charge in [0.1, 0.15) is 5.75 Å². The third-order valence-electron chi connectivity index (χ3n) is 1.37. The van der Waals surface area contributed by atoms with Crippen LogP contribution in [0.1, 0.15) is 6.92 Å². The van der Waals surface area contributed by atoms with Crippen molar-refractivity contribution in [3.8, 4) is 5.75 Å². The Morgan fingerprint density at radius 3 is 2.38 bits per heavy atom. The standard InChI is InChI=1S/C10H9ClOS/c1-7(2)10(13)12-9-5-3-8(11)4-6-9/h3-6H,1H2,2H3. The summed E-state index contributed by atoms with van der Waals surface area (Å²) >= 11 is 10.6. The van der Waals surface area contributed by atoms with Gasteiger partial charge < -0.3 is 4.74 Å². The van der Waals surface area contributed by atoms with Gasteiger partial charge in [-0.2, -0.15) is 0 Å². The molecule has 0 spiro atoms. The molecule has 0 amide bonds. The Balaban J connectivity index is 2.70. The zero-order valence-electron chi connectivity index (χ0n) is 7.21. The minimum atomic E-state index is 0.405. The average Bonchev–Trinajstić information content (AvgIpc) is 2.08. The number of ether oxygens (including phenoxy) is 1. The Kier molecular flexibility index (Phi) is 3.46. The van der Waals surface area contributed by atoms with Gasteiger partial charge in [-0.15, -0.1) is 0 Å². The lowest BCUT2D eigenvalue weighted by Gasteiger charge is -2.05. The Bertz CT molecular complexity index is 329. The van der Waals surface area contributed by atoms with Crippen LogP contribution in [0.5, 0.6) is 5.75 Å². The van der Waals surface area contributed by atoms with Crippen molar-refractivity contribution in [2.24, 2.45) is 0 Å². The van der Waals surface area contributed by atoms with Gasteiger partial charge in [-0.05, 0) is 49.0 Å². The number of hydrogen-bond donors (Lipinski definition) is 0. The second-order valence-electron chi connectivity index (χ2n) is 2.62. The van der Waals surface area contributed by atoms with Crippen molar-refractivity contribution in [2.45, 2.75) is 6.92 Å². The maximum absolute atomic E-state index is 5.70. The van der Waals surface area contributed by atoms with E-state index >= 15 is 0 Å². The summed E-state index contributed by atoms with van der Waals surface area (Å²) in [4.78, 5) is 0. The van der Waals surface area contributed by atoms with Gasteiger partial charge in [0.15, 0.2) is 5.05 Å². The lowest BCUT2D eigenvalue weighted by Crippen LogP contribution is -2.05. The number of halogens is 1. The molecule has 0 bridgehead atoms. The Hall–Kier alpha value is -0.860. The fourth-order valence-electron chi connectivity index (χ4n) is 0.697. The van der Waals surface area contributed by atoms with Crippen LogP contribution >= 0.6 is 23.8 Å². The van der Waals surface area contributed by atoms with Crippen molar-refractivity contribution >= 4 is 28.9 Å². The van der Waals surface area contributed by atoms with Crippen molar-refractivity contribution in [2.75, 3.05) is 0 Å². The smallest absolute Gasteiger partial charge is 0.193 e. The van der Waals surface area contributed by atoms with Crippen LogP contribution in [0.25, 0.3) is 0 Å². The van der Waals surface area contributed by atoms with Gasteiger partial charge in [-0.3, -0.25) is 0 Å². The fourth-order valence-corrected chi connectivity index (χ4v) is 0.919. The Morgan fingerprint density at radius 2 is 1.92 bits per heavy atom. The summed E-state index contributed by atoms with van der Waals surface area (Å²) in [5.41, 5.74) is 0.741. The maximum Gasteiger partial charge on any atom is 0.193 e. The second kappa shape index (κ2) is 4.40. The highest BCUT2D eigenvalue weighted by Crippen LogP contribution is 2.16. The van der Waals surface area contributed by atoms with Gasteiger partial charge in [0.2, 0.25) is 0 Å². The van der Waals surface area contributed by atoms with E-state index in [9.17, 15) is 0 Å². The van der Waals surface area contributed by atoms with Gasteiger partial charge in [-0.1, -0.05) is 18.2 Å². The highest BCUT2D eigenvalue weighted by molar-refractivity contribution is 7.80. The number of hydrogen-bond acceptors (Lipinski definition) is 2. The quantitative estimate of drug-likeness (QED) is 0.547. The highest BCUT2D eigenvalue weighted by Gasteiger charge is 1.99. The van der Waals surface area contributed by atoms with Crippen LogP contribution in [-0.4, -0.2) is 5.05 Å². The van der Waals surface area contributed by atoms with Crippen LogP contribution < -0.4 is 4.74 Å². The molecular formula is C10H9ClOS. The van der Waals surface area contributed by atoms with Crippen LogP contribution in [0.3, 0.4) is 0 Å². The zero-order valence-corrected chi connectivity index (χ0v) is 8.78. The van der Waals surface area contributed by atoms with E-state index in [0.717, 1.165) is 5.57 Å². The SMILES string of the molecule is C=C(C)C(=S)Oc1ccc(Cl)cc1. The summed E-state index contributed by atoms with van der Waals surface area (Å²) < 4.78 is 5.30. The number of benzene rings is 1. The topological polar surface area (TPSA) is 9.23 Å². The first-order chi connectivity index (χ1) is 6.09. The van der Waals surface area contributed by atoms with Gasteiger partial charge in [0.05, 0.1) is 0 Å². The first kappa shape index (κ1) is 10.2. The summed E-state index contributed by atoms with van der Waals surface area (Å²) in [5.74, 6) is 0.678. The second-order valence-corrected chi connectivity index (χ2v) is 3.43. The van der Waals surface area contributed by atoms with Crippen LogP contribution in [-0.2, 0) is 0 Å². The third-order valence-corrected chi connectivity index (χ3v) is 2.06. The van der Waals surface area contributed by atoms with E-state index in [1.165, 1.54) is 0 Å². The van der Waals surface area contributed by atoms with Crippen LogP contribution in [0, 0.1) is 0 Å². The van der Waals surface area contributed by atoms with Crippen molar-refractivity contribution in [3.05, 3.63) is 41.4 Å². The minimum absolute atomic E-state index is 0.405. The molecule has 1 nitrogen and oxygen atoms in total. The largest absolute Gasteiger partial charge is 0.446 e. The average molecular weight is 213 g/mol. The normalized spacial score (nSPS) is 9.38. The van der Waals surface area contributed by atoms with E-state index in [2.05, 4.69) is 6.58 Å². The van der Waals surface area contributed by atoms with Gasteiger partial charge in [0, 0.05) is 5.02 Å². The maximum atomic E-state index is 5.70. The molecule has 0 radical (unpaired) electrons. The van der Waals surface area contributed by atoms with E-state index in [1.807, 2.05) is 0 Å². The van der Waals surface area contributed by atoms with E-state index in [1.54, 1.807) is 31.2 Å². The number of rotatable bonds is 2. The van der Waals surface area contributed by atoms with Gasteiger partial charge >= 0.3 is 0 Å². The van der Waals surface area contributed by atoms with E-state index in [-0.39, 0.29) is 0 Å². The van der Waals surface area contributed by atoms with Crippen LogP contribution in [0.15, 0.2) is 36.4 Å². The van der Waals surface area contributed by atoms with E-state index in [0.29, 0.717) is 15.8 Å². The molecule has 0 N–H and O–H groups in total. The molecular weight excluding hydrogens is 204 g/mol. The predicted octanol–water partition coefficient (Wildman–Crippen LogP) is 3.62. The zero-order chi connectivity index (χ0) is 9.84. The van der Waals surface area contributed by atoms with E-state index < -0.39 is 0 Å². The molecule has 0 aliphatic rings. The molecule has 0 atom stereocenters. The summed E-state index contributed by atoms with van der Waals surface area (Å²) in [6.45, 7) is 5.48. The third kappa shape index (κ3) is 3.17. The molecule has 0 fully saturated rings. The molecule has 1 rings (SSSR count). The monoisotopic (exact) mass is 212 g/mol. The fraction of sp³-hybridized carbons (Fsp3) is 0.100. The molecule has 0 unspecified atom stereocenters. The van der Waals surface area contributed by atoms with Crippen LogP contribution in [0.4, 0.5) is 0 Å². The summed E-state index contributed by atoms with van der Waals surface area (Å²) in [5, 5.41) is 1.08. The highest BCUT2D eigenvalue weighted by atomic mass is 35.5. The first-order valence-electron chi connectivity index (χ1n) is 3.73. The molecule has 0 saturated heterocycles. The number of thiocarbonyl (C=S) groups is 1. The molecule has 13 heavy (non-hydrogen) atoms. The van der Waals surface area contributed by atoms with Crippen LogP contribution in [0.2, 0.25) is 5.02 Å². The van der Waals surface area contributed by atoms with Crippen molar-refractivity contribution < 1.29 is 4.74 Å². The molecule has 0 saturated carbocycles. The molecule has 0 heterocycles. The molecule has 0 aliphatic heterocycles. The van der Waals surface area contributed by atoms with Gasteiger partial charge in [0.25, 0.3) is 0 Å². The van der Waals surface area contributed by atoms with E-state index in [4.69, 9.17) is 28.6 Å². The molecule has 0 aliphatic carbocycles. The Labute approximate surface area is 88.0 Å². The summed E-state index contributed by atoms with van der Waals surface area (Å²) in [6.07, 6.45) is 0. The molecule has 0 aromatic heterocycles. The lowest BCUT2D eigenvalue weighted by atomic mass is 10.3. The summed E-state index contributed by atoms with van der Waals surface area (Å²) in [6, 6.07) is 7.02. The Morgan fingerprint density at radius 1 is 1.38 bits per heavy atom. The van der Waals surface area contributed by atoms with Gasteiger partial charge in [-0.25, -0.2) is 0 Å². The van der Waals surface area contributed by atoms with Crippen molar-refractivity contribution in [1.82, 2.24) is 0 Å². The van der Waals surface area contributed by atoms with Crippen molar-refractivity contribution in [1.29, 1.82) is 0 Å². The molecule has 1 aromatic carbocycles. The predicted molar refractivity (Wildman–Crippen MR) is 59.5 cm³/mol. The molecule has 1 aromatic rings. The van der Waals surface area contributed by atoms with Crippen molar-refractivity contribution in [3.63, 3.8) is 0 Å². The minimum Gasteiger partial charge on any atom is -0.446 e. The first-order valence-corrected chi connectivity index (χ1v) is 4.51. The molecule has 3 heteroatoms.